The van der Waals surface area contributed by atoms with Crippen molar-refractivity contribution in [1.29, 1.82) is 0 Å². The molecule has 0 amide bonds. The molecular weight excluding hydrogens is 227 g/mol. The van der Waals surface area contributed by atoms with Crippen LogP contribution in [0, 0.1) is 5.92 Å². The van der Waals surface area contributed by atoms with E-state index in [-0.39, 0.29) is 12.5 Å². The molecule has 0 saturated carbocycles. The molecule has 0 aromatic carbocycles. The van der Waals surface area contributed by atoms with E-state index >= 15 is 0 Å². The van der Waals surface area contributed by atoms with Crippen LogP contribution >= 0.6 is 0 Å². The molecule has 1 nitrogen and oxygen atoms in total. The van der Waals surface area contributed by atoms with Crippen molar-refractivity contribution in [2.75, 3.05) is 0 Å². The lowest BCUT2D eigenvalue weighted by atomic mass is 9.99. The Morgan fingerprint density at radius 2 is 1.65 bits per heavy atom. The molecule has 0 aliphatic rings. The lowest BCUT2D eigenvalue weighted by molar-refractivity contribution is -0.135. The van der Waals surface area contributed by atoms with Gasteiger partial charge in [-0.3, -0.25) is 0 Å². The lowest BCUT2D eigenvalue weighted by Gasteiger charge is -2.22. The molecule has 104 valence electrons. The summed E-state index contributed by atoms with van der Waals surface area (Å²) in [7, 11) is 0. The Kier molecular flexibility index (Phi) is 7.84. The molecule has 0 heterocycles. The second kappa shape index (κ2) is 7.96. The van der Waals surface area contributed by atoms with Gasteiger partial charge in [0.2, 0.25) is 0 Å². The van der Waals surface area contributed by atoms with Crippen LogP contribution in [0.3, 0.4) is 0 Å². The average Bonchev–Trinajstić information content (AvgIpc) is 2.14. The molecule has 0 saturated heterocycles. The van der Waals surface area contributed by atoms with Crippen molar-refractivity contribution in [2.45, 2.75) is 78.1 Å². The van der Waals surface area contributed by atoms with Gasteiger partial charge in [-0.1, -0.05) is 20.3 Å². The van der Waals surface area contributed by atoms with Gasteiger partial charge >= 0.3 is 6.18 Å². The van der Waals surface area contributed by atoms with Crippen LogP contribution in [0.2, 0.25) is 0 Å². The zero-order chi connectivity index (χ0) is 13.5. The summed E-state index contributed by atoms with van der Waals surface area (Å²) in [4.78, 5) is 0. The molecule has 0 aromatic rings. The molecule has 0 aliphatic carbocycles. The Hall–Kier alpha value is -0.250. The standard InChI is InChI=1S/C13H26F3N/c1-5-10(2)9-12(4)17-11(3)7-6-8-13(14,15)16/h10-12,17H,5-9H2,1-4H3. The van der Waals surface area contributed by atoms with Crippen LogP contribution in [0.4, 0.5) is 13.2 Å². The molecule has 0 aromatic heterocycles. The summed E-state index contributed by atoms with van der Waals surface area (Å²) >= 11 is 0. The molecule has 1 N–H and O–H groups in total. The number of hydrogen-bond acceptors (Lipinski definition) is 1. The summed E-state index contributed by atoms with van der Waals surface area (Å²) < 4.78 is 35.9. The number of halogens is 3. The third-order valence-corrected chi connectivity index (χ3v) is 3.12. The Balaban J connectivity index is 3.67. The molecule has 0 aliphatic heterocycles. The largest absolute Gasteiger partial charge is 0.389 e. The van der Waals surface area contributed by atoms with Gasteiger partial charge < -0.3 is 5.32 Å². The molecule has 3 atom stereocenters. The number of alkyl halides is 3. The highest BCUT2D eigenvalue weighted by molar-refractivity contribution is 4.70. The molecule has 4 heteroatoms. The van der Waals surface area contributed by atoms with Crippen LogP contribution < -0.4 is 5.32 Å². The number of hydrogen-bond donors (Lipinski definition) is 1. The highest BCUT2D eigenvalue weighted by atomic mass is 19.4. The zero-order valence-corrected chi connectivity index (χ0v) is 11.4. The Morgan fingerprint density at radius 1 is 1.06 bits per heavy atom. The minimum atomic E-state index is -4.01. The van der Waals surface area contributed by atoms with E-state index in [0.717, 1.165) is 12.8 Å². The van der Waals surface area contributed by atoms with E-state index in [1.54, 1.807) is 0 Å². The van der Waals surface area contributed by atoms with Crippen LogP contribution in [-0.4, -0.2) is 18.3 Å². The zero-order valence-electron chi connectivity index (χ0n) is 11.4. The minimum absolute atomic E-state index is 0.163. The highest BCUT2D eigenvalue weighted by Gasteiger charge is 2.26. The van der Waals surface area contributed by atoms with Crippen molar-refractivity contribution in [1.82, 2.24) is 5.32 Å². The SMILES string of the molecule is CCC(C)CC(C)NC(C)CCCC(F)(F)F. The molecule has 0 spiro atoms. The molecule has 0 rings (SSSR count). The Morgan fingerprint density at radius 3 is 2.12 bits per heavy atom. The van der Waals surface area contributed by atoms with Crippen LogP contribution in [0.5, 0.6) is 0 Å². The third kappa shape index (κ3) is 10.6. The van der Waals surface area contributed by atoms with Crippen molar-refractivity contribution in [3.05, 3.63) is 0 Å². The van der Waals surface area contributed by atoms with Gasteiger partial charge in [0.05, 0.1) is 0 Å². The first-order valence-electron chi connectivity index (χ1n) is 6.57. The fourth-order valence-corrected chi connectivity index (χ4v) is 2.02. The summed E-state index contributed by atoms with van der Waals surface area (Å²) in [6.45, 7) is 8.42. The van der Waals surface area contributed by atoms with E-state index in [9.17, 15) is 13.2 Å². The molecule has 17 heavy (non-hydrogen) atoms. The third-order valence-electron chi connectivity index (χ3n) is 3.12. The van der Waals surface area contributed by atoms with E-state index in [0.29, 0.717) is 18.4 Å². The predicted octanol–water partition coefficient (Wildman–Crippen LogP) is 4.52. The van der Waals surface area contributed by atoms with Crippen molar-refractivity contribution in [2.24, 2.45) is 5.92 Å². The molecule has 0 radical (unpaired) electrons. The number of nitrogens with one attached hydrogen (secondary N) is 1. The van der Waals surface area contributed by atoms with Crippen LogP contribution in [0.15, 0.2) is 0 Å². The maximum absolute atomic E-state index is 12.0. The van der Waals surface area contributed by atoms with Crippen LogP contribution in [-0.2, 0) is 0 Å². The lowest BCUT2D eigenvalue weighted by Crippen LogP contribution is -2.35. The summed E-state index contributed by atoms with van der Waals surface area (Å²) in [5.41, 5.74) is 0. The smallest absolute Gasteiger partial charge is 0.312 e. The minimum Gasteiger partial charge on any atom is -0.312 e. The van der Waals surface area contributed by atoms with Gasteiger partial charge in [-0.25, -0.2) is 0 Å². The average molecular weight is 253 g/mol. The van der Waals surface area contributed by atoms with Crippen LogP contribution in [0.25, 0.3) is 0 Å². The van der Waals surface area contributed by atoms with E-state index in [2.05, 4.69) is 26.1 Å². The van der Waals surface area contributed by atoms with Crippen molar-refractivity contribution in [3.63, 3.8) is 0 Å². The second-order valence-electron chi connectivity index (χ2n) is 5.23. The monoisotopic (exact) mass is 253 g/mol. The first kappa shape index (κ1) is 16.8. The molecule has 3 unspecified atom stereocenters. The molecule has 0 bridgehead atoms. The Bertz CT molecular complexity index is 192. The fourth-order valence-electron chi connectivity index (χ4n) is 2.02. The highest BCUT2D eigenvalue weighted by Crippen LogP contribution is 2.22. The van der Waals surface area contributed by atoms with Gasteiger partial charge in [0, 0.05) is 18.5 Å². The maximum atomic E-state index is 12.0. The predicted molar refractivity (Wildman–Crippen MR) is 66.0 cm³/mol. The van der Waals surface area contributed by atoms with Crippen LogP contribution in [0.1, 0.15) is 59.8 Å². The van der Waals surface area contributed by atoms with Gasteiger partial charge in [-0.15, -0.1) is 0 Å². The summed E-state index contributed by atoms with van der Waals surface area (Å²) in [5, 5.41) is 3.36. The van der Waals surface area contributed by atoms with Crippen molar-refractivity contribution in [3.8, 4) is 0 Å². The first-order valence-corrected chi connectivity index (χ1v) is 6.57. The van der Waals surface area contributed by atoms with E-state index < -0.39 is 12.6 Å². The fraction of sp³-hybridized carbons (Fsp3) is 1.00. The van der Waals surface area contributed by atoms with Gasteiger partial charge in [0.15, 0.2) is 0 Å². The normalized spacial score (nSPS) is 17.8. The van der Waals surface area contributed by atoms with E-state index in [1.807, 2.05) is 6.92 Å². The first-order chi connectivity index (χ1) is 7.74. The molecule has 0 fully saturated rings. The maximum Gasteiger partial charge on any atom is 0.389 e. The van der Waals surface area contributed by atoms with Gasteiger partial charge in [-0.2, -0.15) is 13.2 Å². The summed E-state index contributed by atoms with van der Waals surface area (Å²) in [6, 6.07) is 0.544. The summed E-state index contributed by atoms with van der Waals surface area (Å²) in [5.74, 6) is 0.667. The quantitative estimate of drug-likeness (QED) is 0.670. The topological polar surface area (TPSA) is 12.0 Å². The van der Waals surface area contributed by atoms with E-state index in [4.69, 9.17) is 0 Å². The van der Waals surface area contributed by atoms with Gasteiger partial charge in [0.1, 0.15) is 0 Å². The van der Waals surface area contributed by atoms with Gasteiger partial charge in [-0.05, 0) is 39.0 Å². The van der Waals surface area contributed by atoms with Gasteiger partial charge in [0.25, 0.3) is 0 Å². The van der Waals surface area contributed by atoms with Crippen molar-refractivity contribution >= 4 is 0 Å². The number of rotatable bonds is 8. The van der Waals surface area contributed by atoms with E-state index in [1.165, 1.54) is 0 Å². The Labute approximate surface area is 103 Å². The molecular formula is C13H26F3N. The second-order valence-corrected chi connectivity index (χ2v) is 5.23. The summed E-state index contributed by atoms with van der Waals surface area (Å²) in [6.07, 6.45) is -1.65. The van der Waals surface area contributed by atoms with Crippen molar-refractivity contribution < 1.29 is 13.2 Å².